The van der Waals surface area contributed by atoms with Crippen molar-refractivity contribution >= 4 is 11.9 Å². The summed E-state index contributed by atoms with van der Waals surface area (Å²) in [7, 11) is 0. The molecule has 66 valence electrons. The molecule has 1 aromatic carbocycles. The summed E-state index contributed by atoms with van der Waals surface area (Å²) in [5.41, 5.74) is 1.75. The average molecular weight is 172 g/mol. The molecule has 1 aliphatic heterocycles. The van der Waals surface area contributed by atoms with Crippen LogP contribution in [-0.4, -0.2) is 11.9 Å². The predicted molar refractivity (Wildman–Crippen MR) is 55.4 cm³/mol. The lowest BCUT2D eigenvalue weighted by atomic mass is 10.0. The Balaban J connectivity index is 2.43. The maximum Gasteiger partial charge on any atom is 0.173 e. The molecule has 0 spiro atoms. The maximum absolute atomic E-state index is 4.49. The standard InChI is InChI=1S/C11H12N2/c1-9-8-12-11(2,13-9)10-6-4-3-5-7-10/h3-8H,1-2H3. The molecule has 0 fully saturated rings. The minimum atomic E-state index is -0.384. The van der Waals surface area contributed by atoms with E-state index in [2.05, 4.69) is 22.1 Å². The summed E-state index contributed by atoms with van der Waals surface area (Å²) in [5.74, 6) is 0. The molecule has 1 atom stereocenters. The zero-order valence-corrected chi connectivity index (χ0v) is 7.86. The average Bonchev–Trinajstić information content (AvgIpc) is 2.49. The van der Waals surface area contributed by atoms with Crippen molar-refractivity contribution in [2.45, 2.75) is 19.5 Å². The lowest BCUT2D eigenvalue weighted by molar-refractivity contribution is 0.542. The lowest BCUT2D eigenvalue weighted by Gasteiger charge is -2.17. The van der Waals surface area contributed by atoms with Crippen molar-refractivity contribution in [2.75, 3.05) is 0 Å². The van der Waals surface area contributed by atoms with Crippen LogP contribution >= 0.6 is 0 Å². The van der Waals surface area contributed by atoms with E-state index in [1.54, 1.807) is 0 Å². The molecule has 0 saturated carbocycles. The smallest absolute Gasteiger partial charge is 0.173 e. The Bertz CT molecular complexity index is 365. The van der Waals surface area contributed by atoms with Gasteiger partial charge < -0.3 is 0 Å². The molecule has 1 unspecified atom stereocenters. The van der Waals surface area contributed by atoms with Crippen molar-refractivity contribution in [2.24, 2.45) is 9.98 Å². The van der Waals surface area contributed by atoms with E-state index in [4.69, 9.17) is 0 Å². The number of hydrogen-bond donors (Lipinski definition) is 0. The first-order valence-corrected chi connectivity index (χ1v) is 4.38. The van der Waals surface area contributed by atoms with Gasteiger partial charge in [-0.05, 0) is 13.8 Å². The van der Waals surface area contributed by atoms with Crippen LogP contribution in [0.1, 0.15) is 19.4 Å². The SMILES string of the molecule is CC1=NC(C)(c2ccccc2)N=C1. The van der Waals surface area contributed by atoms with Crippen LogP contribution < -0.4 is 0 Å². The molecule has 2 rings (SSSR count). The molecule has 0 amide bonds. The number of nitrogens with zero attached hydrogens (tertiary/aromatic N) is 2. The van der Waals surface area contributed by atoms with Crippen LogP contribution in [0.4, 0.5) is 0 Å². The first-order valence-electron chi connectivity index (χ1n) is 4.38. The van der Waals surface area contributed by atoms with Crippen LogP contribution in [0.3, 0.4) is 0 Å². The molecule has 0 bridgehead atoms. The fourth-order valence-corrected chi connectivity index (χ4v) is 1.51. The molecule has 0 saturated heterocycles. The summed E-state index contributed by atoms with van der Waals surface area (Å²) in [6.07, 6.45) is 1.83. The van der Waals surface area contributed by atoms with Crippen LogP contribution in [0, 0.1) is 0 Å². The van der Waals surface area contributed by atoms with Crippen molar-refractivity contribution in [3.8, 4) is 0 Å². The Labute approximate surface area is 78.0 Å². The van der Waals surface area contributed by atoms with E-state index in [1.165, 1.54) is 0 Å². The highest BCUT2D eigenvalue weighted by atomic mass is 15.1. The van der Waals surface area contributed by atoms with Gasteiger partial charge in [-0.15, -0.1) is 0 Å². The molecule has 1 aliphatic rings. The lowest BCUT2D eigenvalue weighted by Crippen LogP contribution is -2.13. The molecule has 0 aliphatic carbocycles. The van der Waals surface area contributed by atoms with Crippen LogP contribution in [0.5, 0.6) is 0 Å². The highest BCUT2D eigenvalue weighted by Gasteiger charge is 2.26. The quantitative estimate of drug-likeness (QED) is 0.621. The minimum Gasteiger partial charge on any atom is -0.257 e. The summed E-state index contributed by atoms with van der Waals surface area (Å²) >= 11 is 0. The van der Waals surface area contributed by atoms with Gasteiger partial charge in [-0.3, -0.25) is 9.98 Å². The van der Waals surface area contributed by atoms with Crippen molar-refractivity contribution in [3.05, 3.63) is 35.9 Å². The van der Waals surface area contributed by atoms with Crippen molar-refractivity contribution in [1.82, 2.24) is 0 Å². The van der Waals surface area contributed by atoms with Gasteiger partial charge >= 0.3 is 0 Å². The van der Waals surface area contributed by atoms with Gasteiger partial charge in [-0.25, -0.2) is 0 Å². The Morgan fingerprint density at radius 2 is 1.85 bits per heavy atom. The second-order valence-corrected chi connectivity index (χ2v) is 3.40. The maximum atomic E-state index is 4.49. The molecule has 0 aromatic heterocycles. The van der Waals surface area contributed by atoms with Crippen LogP contribution in [0.15, 0.2) is 40.3 Å². The van der Waals surface area contributed by atoms with E-state index in [1.807, 2.05) is 38.3 Å². The Kier molecular flexibility index (Phi) is 1.76. The van der Waals surface area contributed by atoms with Crippen molar-refractivity contribution in [3.63, 3.8) is 0 Å². The second-order valence-electron chi connectivity index (χ2n) is 3.40. The van der Waals surface area contributed by atoms with Crippen LogP contribution in [0.2, 0.25) is 0 Å². The molecule has 13 heavy (non-hydrogen) atoms. The van der Waals surface area contributed by atoms with Gasteiger partial charge in [0, 0.05) is 11.8 Å². The fraction of sp³-hybridized carbons (Fsp3) is 0.273. The molecule has 2 heteroatoms. The van der Waals surface area contributed by atoms with Gasteiger partial charge in [0.15, 0.2) is 5.66 Å². The number of aliphatic imine (C=N–C) groups is 2. The number of benzene rings is 1. The second kappa shape index (κ2) is 2.80. The normalized spacial score (nSPS) is 26.2. The Morgan fingerprint density at radius 1 is 1.15 bits per heavy atom. The molecule has 0 N–H and O–H groups in total. The van der Waals surface area contributed by atoms with Gasteiger partial charge in [-0.2, -0.15) is 0 Å². The third-order valence-electron chi connectivity index (χ3n) is 2.22. The summed E-state index contributed by atoms with van der Waals surface area (Å²) in [4.78, 5) is 8.88. The highest BCUT2D eigenvalue weighted by molar-refractivity contribution is 6.30. The van der Waals surface area contributed by atoms with Crippen LogP contribution in [-0.2, 0) is 5.66 Å². The predicted octanol–water partition coefficient (Wildman–Crippen LogP) is 2.40. The molecular formula is C11H12N2. The Morgan fingerprint density at radius 3 is 2.38 bits per heavy atom. The first-order chi connectivity index (χ1) is 6.21. The monoisotopic (exact) mass is 172 g/mol. The zero-order chi connectivity index (χ0) is 9.31. The summed E-state index contributed by atoms with van der Waals surface area (Å²) in [6.45, 7) is 3.99. The van der Waals surface area contributed by atoms with Crippen LogP contribution in [0.25, 0.3) is 0 Å². The van der Waals surface area contributed by atoms with E-state index < -0.39 is 0 Å². The van der Waals surface area contributed by atoms with Gasteiger partial charge in [0.2, 0.25) is 0 Å². The van der Waals surface area contributed by atoms with Gasteiger partial charge in [0.1, 0.15) is 0 Å². The molecule has 1 aromatic rings. The molecule has 2 nitrogen and oxygen atoms in total. The van der Waals surface area contributed by atoms with E-state index in [0.717, 1.165) is 11.3 Å². The topological polar surface area (TPSA) is 24.7 Å². The minimum absolute atomic E-state index is 0.384. The zero-order valence-electron chi connectivity index (χ0n) is 7.86. The third-order valence-corrected chi connectivity index (χ3v) is 2.22. The number of rotatable bonds is 1. The fourth-order valence-electron chi connectivity index (χ4n) is 1.51. The molecular weight excluding hydrogens is 160 g/mol. The highest BCUT2D eigenvalue weighted by Crippen LogP contribution is 2.29. The first kappa shape index (κ1) is 8.17. The molecule has 0 radical (unpaired) electrons. The summed E-state index contributed by atoms with van der Waals surface area (Å²) < 4.78 is 0. The largest absolute Gasteiger partial charge is 0.257 e. The third kappa shape index (κ3) is 1.39. The Hall–Kier alpha value is -1.44. The van der Waals surface area contributed by atoms with E-state index in [0.29, 0.717) is 0 Å². The number of hydrogen-bond acceptors (Lipinski definition) is 2. The van der Waals surface area contributed by atoms with Gasteiger partial charge in [0.05, 0.1) is 5.71 Å². The van der Waals surface area contributed by atoms with Gasteiger partial charge in [-0.1, -0.05) is 30.3 Å². The summed E-state index contributed by atoms with van der Waals surface area (Å²) in [5, 5.41) is 0. The van der Waals surface area contributed by atoms with E-state index in [-0.39, 0.29) is 5.66 Å². The molecule has 1 heterocycles. The van der Waals surface area contributed by atoms with Crippen molar-refractivity contribution < 1.29 is 0 Å². The van der Waals surface area contributed by atoms with E-state index >= 15 is 0 Å². The summed E-state index contributed by atoms with van der Waals surface area (Å²) in [6, 6.07) is 10.1. The van der Waals surface area contributed by atoms with E-state index in [9.17, 15) is 0 Å². The van der Waals surface area contributed by atoms with Crippen molar-refractivity contribution in [1.29, 1.82) is 0 Å². The van der Waals surface area contributed by atoms with Gasteiger partial charge in [0.25, 0.3) is 0 Å².